The molecular weight excluding hydrogens is 338 g/mol. The second-order valence-electron chi connectivity index (χ2n) is 6.38. The van der Waals surface area contributed by atoms with Crippen molar-refractivity contribution in [3.05, 3.63) is 46.7 Å². The van der Waals surface area contributed by atoms with Gasteiger partial charge in [-0.3, -0.25) is 9.59 Å². The van der Waals surface area contributed by atoms with Crippen molar-refractivity contribution >= 4 is 23.2 Å². The molecule has 1 unspecified atom stereocenters. The summed E-state index contributed by atoms with van der Waals surface area (Å²) in [5.74, 6) is -1.00. The molecule has 0 radical (unpaired) electrons. The second-order valence-corrected chi connectivity index (χ2v) is 7.29. The third-order valence-electron chi connectivity index (χ3n) is 4.68. The summed E-state index contributed by atoms with van der Waals surface area (Å²) in [4.78, 5) is 27.2. The zero-order chi connectivity index (χ0) is 17.9. The molecule has 1 atom stereocenters. The lowest BCUT2D eigenvalue weighted by Gasteiger charge is -2.39. The molecule has 0 aliphatic carbocycles. The molecule has 5 nitrogen and oxygen atoms in total. The molecule has 1 fully saturated rings. The summed E-state index contributed by atoms with van der Waals surface area (Å²) in [6, 6.07) is 11.7. The maximum absolute atomic E-state index is 13.1. The average Bonchev–Trinajstić information content (AvgIpc) is 3.12. The number of hydrogen-bond donors (Lipinski definition) is 1. The number of carboxylic acids is 1. The first-order valence-corrected chi connectivity index (χ1v) is 9.10. The van der Waals surface area contributed by atoms with Crippen molar-refractivity contribution in [3.8, 4) is 11.1 Å². The van der Waals surface area contributed by atoms with Gasteiger partial charge in [0.05, 0.1) is 11.5 Å². The molecular formula is C19H21NO4S. The van der Waals surface area contributed by atoms with Crippen molar-refractivity contribution in [3.63, 3.8) is 0 Å². The molecule has 3 rings (SSSR count). The Kier molecular flexibility index (Phi) is 5.20. The van der Waals surface area contributed by atoms with E-state index in [1.807, 2.05) is 41.8 Å². The summed E-state index contributed by atoms with van der Waals surface area (Å²) in [5.41, 5.74) is 0.867. The van der Waals surface area contributed by atoms with Crippen molar-refractivity contribution in [1.82, 2.24) is 4.90 Å². The number of thiophene rings is 1. The van der Waals surface area contributed by atoms with Gasteiger partial charge < -0.3 is 14.7 Å². The van der Waals surface area contributed by atoms with Gasteiger partial charge in [0.25, 0.3) is 5.91 Å². The van der Waals surface area contributed by atoms with Crippen LogP contribution >= 0.6 is 11.3 Å². The fourth-order valence-electron chi connectivity index (χ4n) is 3.40. The van der Waals surface area contributed by atoms with E-state index in [4.69, 9.17) is 4.74 Å². The van der Waals surface area contributed by atoms with Gasteiger partial charge in [-0.2, -0.15) is 0 Å². The zero-order valence-electron chi connectivity index (χ0n) is 14.1. The maximum Gasteiger partial charge on any atom is 0.313 e. The number of rotatable bonds is 5. The number of amides is 1. The molecule has 1 aliphatic heterocycles. The topological polar surface area (TPSA) is 66.8 Å². The highest BCUT2D eigenvalue weighted by Gasteiger charge is 2.44. The Labute approximate surface area is 150 Å². The average molecular weight is 359 g/mol. The predicted molar refractivity (Wildman–Crippen MR) is 96.8 cm³/mol. The van der Waals surface area contributed by atoms with E-state index in [2.05, 4.69) is 0 Å². The van der Waals surface area contributed by atoms with Crippen LogP contribution in [-0.2, 0) is 9.53 Å². The highest BCUT2D eigenvalue weighted by molar-refractivity contribution is 7.12. The summed E-state index contributed by atoms with van der Waals surface area (Å²) in [6.45, 7) is 0.868. The summed E-state index contributed by atoms with van der Waals surface area (Å²) in [7, 11) is 1.50. The van der Waals surface area contributed by atoms with Gasteiger partial charge in [-0.05, 0) is 29.9 Å². The summed E-state index contributed by atoms with van der Waals surface area (Å²) in [5, 5.41) is 11.6. The van der Waals surface area contributed by atoms with Gasteiger partial charge in [-0.15, -0.1) is 11.3 Å². The third-order valence-corrected chi connectivity index (χ3v) is 5.59. The Morgan fingerprint density at radius 3 is 2.72 bits per heavy atom. The first-order valence-electron chi connectivity index (χ1n) is 8.22. The van der Waals surface area contributed by atoms with Crippen LogP contribution in [-0.4, -0.2) is 48.7 Å². The number of ether oxygens (including phenoxy) is 1. The van der Waals surface area contributed by atoms with Gasteiger partial charge in [0.15, 0.2) is 0 Å². The molecule has 0 saturated carbocycles. The molecule has 0 spiro atoms. The largest absolute Gasteiger partial charge is 0.481 e. The number of methoxy groups -OCH3 is 1. The van der Waals surface area contributed by atoms with E-state index in [1.54, 1.807) is 4.90 Å². The van der Waals surface area contributed by atoms with Crippen LogP contribution in [0.15, 0.2) is 41.8 Å². The van der Waals surface area contributed by atoms with Gasteiger partial charge in [-0.25, -0.2) is 0 Å². The molecule has 2 heterocycles. The van der Waals surface area contributed by atoms with Gasteiger partial charge in [0, 0.05) is 25.8 Å². The Morgan fingerprint density at radius 1 is 1.28 bits per heavy atom. The molecule has 1 aromatic carbocycles. The van der Waals surface area contributed by atoms with Gasteiger partial charge >= 0.3 is 5.97 Å². The van der Waals surface area contributed by atoms with Crippen LogP contribution in [0.2, 0.25) is 0 Å². The standard InChI is InChI=1S/C19H21NO4S/c1-24-13-19(18(22)23)9-5-10-20(12-19)17(21)16-15(8-11-25-16)14-6-3-2-4-7-14/h2-4,6-8,11H,5,9-10,12-13H2,1H3,(H,22,23). The van der Waals surface area contributed by atoms with E-state index in [0.29, 0.717) is 24.3 Å². The predicted octanol–water partition coefficient (Wildman–Crippen LogP) is 3.37. The number of benzene rings is 1. The Bertz CT molecular complexity index is 754. The number of carbonyl (C=O) groups excluding carboxylic acids is 1. The number of piperidine rings is 1. The highest BCUT2D eigenvalue weighted by Crippen LogP contribution is 2.34. The van der Waals surface area contributed by atoms with Crippen LogP contribution in [0, 0.1) is 5.41 Å². The molecule has 1 aliphatic rings. The minimum absolute atomic E-state index is 0.102. The molecule has 132 valence electrons. The summed E-state index contributed by atoms with van der Waals surface area (Å²) in [6.07, 6.45) is 1.18. The van der Waals surface area contributed by atoms with E-state index in [-0.39, 0.29) is 19.1 Å². The monoisotopic (exact) mass is 359 g/mol. The van der Waals surface area contributed by atoms with E-state index < -0.39 is 11.4 Å². The van der Waals surface area contributed by atoms with Gasteiger partial charge in [0.1, 0.15) is 5.41 Å². The number of carbonyl (C=O) groups is 2. The SMILES string of the molecule is COCC1(C(=O)O)CCCN(C(=O)c2sccc2-c2ccccc2)C1. The second kappa shape index (κ2) is 7.37. The van der Waals surface area contributed by atoms with E-state index in [0.717, 1.165) is 11.1 Å². The van der Waals surface area contributed by atoms with Crippen LogP contribution in [0.1, 0.15) is 22.5 Å². The van der Waals surface area contributed by atoms with E-state index in [1.165, 1.54) is 18.4 Å². The first kappa shape index (κ1) is 17.6. The van der Waals surface area contributed by atoms with Gasteiger partial charge in [-0.1, -0.05) is 30.3 Å². The zero-order valence-corrected chi connectivity index (χ0v) is 14.9. The number of likely N-dealkylation sites (tertiary alicyclic amines) is 1. The third kappa shape index (κ3) is 3.45. The molecule has 1 aromatic heterocycles. The Hall–Kier alpha value is -2.18. The molecule has 2 aromatic rings. The van der Waals surface area contributed by atoms with Crippen molar-refractivity contribution < 1.29 is 19.4 Å². The Balaban J connectivity index is 1.87. The van der Waals surface area contributed by atoms with Crippen LogP contribution in [0.5, 0.6) is 0 Å². The summed E-state index contributed by atoms with van der Waals surface area (Å²) >= 11 is 1.40. The molecule has 25 heavy (non-hydrogen) atoms. The minimum Gasteiger partial charge on any atom is -0.481 e. The quantitative estimate of drug-likeness (QED) is 0.889. The van der Waals surface area contributed by atoms with Crippen LogP contribution in [0.3, 0.4) is 0 Å². The lowest BCUT2D eigenvalue weighted by Crippen LogP contribution is -2.52. The molecule has 6 heteroatoms. The van der Waals surface area contributed by atoms with Crippen molar-refractivity contribution in [2.45, 2.75) is 12.8 Å². The smallest absolute Gasteiger partial charge is 0.313 e. The van der Waals surface area contributed by atoms with E-state index >= 15 is 0 Å². The fraction of sp³-hybridized carbons (Fsp3) is 0.368. The fourth-order valence-corrected chi connectivity index (χ4v) is 4.28. The number of hydrogen-bond acceptors (Lipinski definition) is 4. The van der Waals surface area contributed by atoms with Crippen molar-refractivity contribution in [2.75, 3.05) is 26.8 Å². The lowest BCUT2D eigenvalue weighted by atomic mass is 9.80. The number of aliphatic carboxylic acids is 1. The number of nitrogens with zero attached hydrogens (tertiary/aromatic N) is 1. The molecule has 0 bridgehead atoms. The van der Waals surface area contributed by atoms with Crippen LogP contribution in [0.25, 0.3) is 11.1 Å². The first-order chi connectivity index (χ1) is 12.1. The normalized spacial score (nSPS) is 20.4. The van der Waals surface area contributed by atoms with Gasteiger partial charge in [0.2, 0.25) is 0 Å². The summed E-state index contributed by atoms with van der Waals surface area (Å²) < 4.78 is 5.14. The van der Waals surface area contributed by atoms with Crippen molar-refractivity contribution in [1.29, 1.82) is 0 Å². The highest BCUT2D eigenvalue weighted by atomic mass is 32.1. The minimum atomic E-state index is -1.02. The van der Waals surface area contributed by atoms with E-state index in [9.17, 15) is 14.7 Å². The Morgan fingerprint density at radius 2 is 2.04 bits per heavy atom. The molecule has 1 saturated heterocycles. The number of carboxylic acid groups (broad SMARTS) is 1. The molecule has 1 amide bonds. The lowest BCUT2D eigenvalue weighted by molar-refractivity contribution is -0.155. The van der Waals surface area contributed by atoms with Crippen LogP contribution in [0.4, 0.5) is 0 Å². The maximum atomic E-state index is 13.1. The molecule has 1 N–H and O–H groups in total. The van der Waals surface area contributed by atoms with Crippen molar-refractivity contribution in [2.24, 2.45) is 5.41 Å². The van der Waals surface area contributed by atoms with Crippen LogP contribution < -0.4 is 0 Å².